The largest absolute Gasteiger partial charge is 0.430 e. The van der Waals surface area contributed by atoms with Gasteiger partial charge in [0.1, 0.15) is 11.4 Å². The predicted octanol–water partition coefficient (Wildman–Crippen LogP) is 4.05. The van der Waals surface area contributed by atoms with Crippen molar-refractivity contribution in [3.8, 4) is 0 Å². The van der Waals surface area contributed by atoms with Crippen LogP contribution in [0.1, 0.15) is 31.2 Å². The van der Waals surface area contributed by atoms with Crippen LogP contribution in [-0.2, 0) is 16.1 Å². The van der Waals surface area contributed by atoms with E-state index in [0.29, 0.717) is 29.5 Å². The number of allylic oxidation sites excluding steroid dienone is 1. The van der Waals surface area contributed by atoms with Crippen LogP contribution < -0.4 is 5.73 Å². The van der Waals surface area contributed by atoms with E-state index in [9.17, 15) is 18.0 Å². The summed E-state index contributed by atoms with van der Waals surface area (Å²) in [6.07, 6.45) is -1.64. The molecular formula is C19H23ClF3N3O2. The van der Waals surface area contributed by atoms with Crippen LogP contribution in [0.5, 0.6) is 0 Å². The second kappa shape index (κ2) is 9.43. The Morgan fingerprint density at radius 3 is 2.46 bits per heavy atom. The monoisotopic (exact) mass is 417 g/mol. The van der Waals surface area contributed by atoms with Crippen LogP contribution >= 0.6 is 11.6 Å². The van der Waals surface area contributed by atoms with Gasteiger partial charge in [-0.3, -0.25) is 10.2 Å². The lowest BCUT2D eigenvalue weighted by molar-refractivity contribution is -0.128. The molecule has 154 valence electrons. The van der Waals surface area contributed by atoms with Gasteiger partial charge in [0, 0.05) is 24.7 Å². The molecule has 1 amide bonds. The number of nitrogens with two attached hydrogens (primary N) is 1. The zero-order valence-corrected chi connectivity index (χ0v) is 16.2. The zero-order valence-electron chi connectivity index (χ0n) is 15.4. The average Bonchev–Trinajstić information content (AvgIpc) is 2.66. The fraction of sp³-hybridized carbons (Fsp3) is 0.474. The lowest BCUT2D eigenvalue weighted by atomic mass is 9.91. The number of nitrogens with zero attached hydrogens (tertiary/aromatic N) is 1. The van der Waals surface area contributed by atoms with Gasteiger partial charge in [-0.05, 0) is 43.4 Å². The van der Waals surface area contributed by atoms with Crippen molar-refractivity contribution < 1.29 is 22.7 Å². The van der Waals surface area contributed by atoms with Crippen LogP contribution in [0.4, 0.5) is 13.2 Å². The molecule has 1 aliphatic carbocycles. The first kappa shape index (κ1) is 22.2. The van der Waals surface area contributed by atoms with Crippen molar-refractivity contribution in [2.24, 2.45) is 5.73 Å². The summed E-state index contributed by atoms with van der Waals surface area (Å²) in [5.41, 5.74) is 3.34. The molecule has 9 heteroatoms. The highest BCUT2D eigenvalue weighted by Crippen LogP contribution is 2.28. The summed E-state index contributed by atoms with van der Waals surface area (Å²) in [6, 6.07) is 6.70. The minimum atomic E-state index is -4.79. The third-order valence-electron chi connectivity index (χ3n) is 4.83. The van der Waals surface area contributed by atoms with Gasteiger partial charge in [0.05, 0.1) is 6.10 Å². The van der Waals surface area contributed by atoms with Crippen LogP contribution in [0.3, 0.4) is 0 Å². The molecule has 0 atom stereocenters. The highest BCUT2D eigenvalue weighted by Gasteiger charge is 2.34. The van der Waals surface area contributed by atoms with Crippen LogP contribution in [0.25, 0.3) is 0 Å². The van der Waals surface area contributed by atoms with E-state index in [1.165, 1.54) is 4.90 Å². The van der Waals surface area contributed by atoms with Gasteiger partial charge in [-0.1, -0.05) is 29.8 Å². The number of benzene rings is 1. The average molecular weight is 418 g/mol. The summed E-state index contributed by atoms with van der Waals surface area (Å²) < 4.78 is 43.3. The SMILES string of the molecule is COC1CCC(N(Cc2ccccc2Cl)C(=O)C(=N)C=C(N)C(F)(F)F)CC1. The van der Waals surface area contributed by atoms with Crippen molar-refractivity contribution in [2.75, 3.05) is 7.11 Å². The minimum absolute atomic E-state index is 0.0914. The molecule has 0 heterocycles. The molecule has 1 aromatic carbocycles. The Morgan fingerprint density at radius 1 is 1.32 bits per heavy atom. The summed E-state index contributed by atoms with van der Waals surface area (Å²) in [5.74, 6) is -0.812. The fourth-order valence-electron chi connectivity index (χ4n) is 3.22. The maximum absolute atomic E-state index is 12.8. The molecule has 0 bridgehead atoms. The van der Waals surface area contributed by atoms with Gasteiger partial charge < -0.3 is 15.4 Å². The molecule has 0 saturated heterocycles. The second-order valence-electron chi connectivity index (χ2n) is 6.70. The van der Waals surface area contributed by atoms with Crippen molar-refractivity contribution in [3.63, 3.8) is 0 Å². The Hall–Kier alpha value is -2.06. The molecule has 1 aliphatic rings. The number of carbonyl (C=O) groups excluding carboxylic acids is 1. The Kier molecular flexibility index (Phi) is 7.48. The molecular weight excluding hydrogens is 395 g/mol. The van der Waals surface area contributed by atoms with Crippen LogP contribution in [-0.4, -0.2) is 42.0 Å². The van der Waals surface area contributed by atoms with Crippen molar-refractivity contribution >= 4 is 23.2 Å². The number of methoxy groups -OCH3 is 1. The highest BCUT2D eigenvalue weighted by molar-refractivity contribution is 6.42. The smallest absolute Gasteiger partial charge is 0.395 e. The summed E-state index contributed by atoms with van der Waals surface area (Å²) in [4.78, 5) is 14.2. The Balaban J connectivity index is 2.26. The number of carbonyl (C=O) groups is 1. The lowest BCUT2D eigenvalue weighted by Crippen LogP contribution is -2.45. The van der Waals surface area contributed by atoms with Gasteiger partial charge in [0.2, 0.25) is 0 Å². The van der Waals surface area contributed by atoms with E-state index >= 15 is 0 Å². The van der Waals surface area contributed by atoms with Gasteiger partial charge in [-0.2, -0.15) is 13.2 Å². The van der Waals surface area contributed by atoms with E-state index in [-0.39, 0.29) is 18.7 Å². The number of ether oxygens (including phenoxy) is 1. The topological polar surface area (TPSA) is 79.4 Å². The van der Waals surface area contributed by atoms with Crippen LogP contribution in [0.15, 0.2) is 36.0 Å². The van der Waals surface area contributed by atoms with Crippen molar-refractivity contribution in [1.29, 1.82) is 5.41 Å². The molecule has 28 heavy (non-hydrogen) atoms. The molecule has 0 spiro atoms. The van der Waals surface area contributed by atoms with Gasteiger partial charge in [-0.15, -0.1) is 0 Å². The number of amides is 1. The normalized spacial score (nSPS) is 20.7. The number of alkyl halides is 3. The van der Waals surface area contributed by atoms with Gasteiger partial charge in [0.25, 0.3) is 5.91 Å². The van der Waals surface area contributed by atoms with E-state index in [1.54, 1.807) is 31.4 Å². The fourth-order valence-corrected chi connectivity index (χ4v) is 3.42. The van der Waals surface area contributed by atoms with E-state index in [2.05, 4.69) is 0 Å². The molecule has 1 saturated carbocycles. The molecule has 0 radical (unpaired) electrons. The van der Waals surface area contributed by atoms with Crippen LogP contribution in [0.2, 0.25) is 5.02 Å². The number of hydrogen-bond acceptors (Lipinski definition) is 4. The molecule has 3 N–H and O–H groups in total. The lowest BCUT2D eigenvalue weighted by Gasteiger charge is -2.36. The molecule has 0 aromatic heterocycles. The number of rotatable bonds is 6. The third-order valence-corrected chi connectivity index (χ3v) is 5.20. The summed E-state index contributed by atoms with van der Waals surface area (Å²) in [7, 11) is 1.62. The van der Waals surface area contributed by atoms with Gasteiger partial charge in [-0.25, -0.2) is 0 Å². The molecule has 1 fully saturated rings. The van der Waals surface area contributed by atoms with Gasteiger partial charge >= 0.3 is 6.18 Å². The molecule has 0 unspecified atom stereocenters. The van der Waals surface area contributed by atoms with E-state index < -0.39 is 23.5 Å². The quantitative estimate of drug-likeness (QED) is 0.685. The van der Waals surface area contributed by atoms with E-state index in [1.807, 2.05) is 0 Å². The molecule has 2 rings (SSSR count). The molecule has 5 nitrogen and oxygen atoms in total. The number of hydrogen-bond donors (Lipinski definition) is 2. The Bertz CT molecular complexity index is 744. The predicted molar refractivity (Wildman–Crippen MR) is 101 cm³/mol. The van der Waals surface area contributed by atoms with Gasteiger partial charge in [0.15, 0.2) is 0 Å². The Labute approximate surface area is 166 Å². The maximum atomic E-state index is 12.8. The zero-order chi connectivity index (χ0) is 20.9. The number of halogens is 4. The number of nitrogens with one attached hydrogen (secondary N) is 1. The Morgan fingerprint density at radius 2 is 1.93 bits per heavy atom. The van der Waals surface area contributed by atoms with E-state index in [4.69, 9.17) is 27.5 Å². The van der Waals surface area contributed by atoms with Crippen molar-refractivity contribution in [1.82, 2.24) is 4.90 Å². The van der Waals surface area contributed by atoms with Crippen molar-refractivity contribution in [3.05, 3.63) is 46.6 Å². The third kappa shape index (κ3) is 5.72. The van der Waals surface area contributed by atoms with E-state index in [0.717, 1.165) is 12.8 Å². The minimum Gasteiger partial charge on any atom is -0.395 e. The second-order valence-corrected chi connectivity index (χ2v) is 7.11. The first-order valence-electron chi connectivity index (χ1n) is 8.83. The summed E-state index contributed by atoms with van der Waals surface area (Å²) >= 11 is 6.19. The van der Waals surface area contributed by atoms with Crippen molar-refractivity contribution in [2.45, 2.75) is 50.6 Å². The first-order valence-corrected chi connectivity index (χ1v) is 9.21. The molecule has 0 aliphatic heterocycles. The highest BCUT2D eigenvalue weighted by atomic mass is 35.5. The standard InChI is InChI=1S/C19H23ClF3N3O2/c1-28-14-8-6-13(7-9-14)26(11-12-4-2-3-5-15(12)20)18(27)16(24)10-17(25)19(21,22)23/h2-5,10,13-14,24H,6-9,11,25H2,1H3. The van der Waals surface area contributed by atoms with Crippen LogP contribution in [0, 0.1) is 5.41 Å². The summed E-state index contributed by atoms with van der Waals surface area (Å²) in [6.45, 7) is 0.100. The first-order chi connectivity index (χ1) is 13.1. The maximum Gasteiger partial charge on any atom is 0.430 e. The molecule has 1 aromatic rings. The summed E-state index contributed by atoms with van der Waals surface area (Å²) in [5, 5.41) is 8.29.